The van der Waals surface area contributed by atoms with Crippen LogP contribution in [-0.4, -0.2) is 32.2 Å². The fraction of sp³-hybridized carbons (Fsp3) is 1.00. The Hall–Kier alpha value is 0.440. The maximum Gasteiger partial charge on any atom is 0.0780 e. The van der Waals surface area contributed by atoms with E-state index in [1.54, 1.807) is 0 Å². The van der Waals surface area contributed by atoms with E-state index < -0.39 is 0 Å². The van der Waals surface area contributed by atoms with Crippen LogP contribution in [0.1, 0.15) is 103 Å². The van der Waals surface area contributed by atoms with E-state index in [1.165, 1.54) is 103 Å². The van der Waals surface area contributed by atoms with Crippen molar-refractivity contribution in [1.29, 1.82) is 0 Å². The second kappa shape index (κ2) is 17.8. The van der Waals surface area contributed by atoms with Gasteiger partial charge in [0.15, 0.2) is 0 Å². The molecule has 0 fully saturated rings. The van der Waals surface area contributed by atoms with Crippen LogP contribution in [0.4, 0.5) is 0 Å². The topological polar surface area (TPSA) is 0 Å². The van der Waals surface area contributed by atoms with Crippen molar-refractivity contribution in [3.05, 3.63) is 0 Å². The first-order valence-electron chi connectivity index (χ1n) is 9.86. The Morgan fingerprint density at radius 3 is 1.00 bits per heavy atom. The van der Waals surface area contributed by atoms with Crippen LogP contribution in [-0.2, 0) is 0 Å². The molecule has 0 aliphatic heterocycles. The standard InChI is InChI=1S/C20H44N.BrH/c1-5-6-7-8-9-10-11-12-13-14-15-16-17-18-19-20-21(2,3)4;/h5-20H2,1-4H3;1H/q+1;/p-1. The zero-order chi connectivity index (χ0) is 15.8. The molecule has 0 saturated heterocycles. The van der Waals surface area contributed by atoms with Crippen LogP contribution in [0.25, 0.3) is 0 Å². The van der Waals surface area contributed by atoms with Gasteiger partial charge in [-0.2, -0.15) is 0 Å². The molecule has 0 aliphatic carbocycles. The highest BCUT2D eigenvalue weighted by atomic mass is 79.9. The molecule has 2 heteroatoms. The Kier molecular flexibility index (Phi) is 20.0. The second-order valence-electron chi connectivity index (χ2n) is 7.96. The van der Waals surface area contributed by atoms with Crippen LogP contribution >= 0.6 is 0 Å². The number of rotatable bonds is 16. The van der Waals surface area contributed by atoms with Gasteiger partial charge < -0.3 is 21.5 Å². The summed E-state index contributed by atoms with van der Waals surface area (Å²) in [6, 6.07) is 0. The molecule has 0 atom stereocenters. The minimum Gasteiger partial charge on any atom is -1.00 e. The summed E-state index contributed by atoms with van der Waals surface area (Å²) in [4.78, 5) is 0. The summed E-state index contributed by atoms with van der Waals surface area (Å²) in [5, 5.41) is 0. The van der Waals surface area contributed by atoms with Gasteiger partial charge >= 0.3 is 0 Å². The van der Waals surface area contributed by atoms with Gasteiger partial charge in [-0.3, -0.25) is 0 Å². The number of quaternary nitrogens is 1. The molecular weight excluding hydrogens is 334 g/mol. The zero-order valence-electron chi connectivity index (χ0n) is 16.1. The SMILES string of the molecule is CCCCCCCCCCCCCCCCC[N+](C)(C)C.[Br-]. The summed E-state index contributed by atoms with van der Waals surface area (Å²) in [7, 11) is 6.89. The largest absolute Gasteiger partial charge is 1.00 e. The Balaban J connectivity index is 0. The molecule has 136 valence electrons. The molecule has 0 amide bonds. The zero-order valence-corrected chi connectivity index (χ0v) is 17.7. The summed E-state index contributed by atoms with van der Waals surface area (Å²) in [5.41, 5.74) is 0. The highest BCUT2D eigenvalue weighted by Crippen LogP contribution is 2.13. The summed E-state index contributed by atoms with van der Waals surface area (Å²) in [5.74, 6) is 0. The average Bonchev–Trinajstić information content (AvgIpc) is 2.42. The molecule has 0 aliphatic rings. The predicted molar refractivity (Wildman–Crippen MR) is 97.8 cm³/mol. The minimum absolute atomic E-state index is 0. The van der Waals surface area contributed by atoms with Gasteiger partial charge in [0, 0.05) is 0 Å². The van der Waals surface area contributed by atoms with Crippen LogP contribution in [0.2, 0.25) is 0 Å². The first-order chi connectivity index (χ1) is 10.1. The third-order valence-electron chi connectivity index (χ3n) is 4.43. The van der Waals surface area contributed by atoms with E-state index in [4.69, 9.17) is 0 Å². The van der Waals surface area contributed by atoms with Crippen molar-refractivity contribution >= 4 is 0 Å². The number of unbranched alkanes of at least 4 members (excludes halogenated alkanes) is 14. The Morgan fingerprint density at radius 2 is 0.727 bits per heavy atom. The van der Waals surface area contributed by atoms with Crippen molar-refractivity contribution in [3.8, 4) is 0 Å². The molecule has 0 radical (unpaired) electrons. The fourth-order valence-corrected chi connectivity index (χ4v) is 2.96. The smallest absolute Gasteiger partial charge is 0.0780 e. The van der Waals surface area contributed by atoms with Crippen LogP contribution in [0.5, 0.6) is 0 Å². The van der Waals surface area contributed by atoms with E-state index in [-0.39, 0.29) is 17.0 Å². The van der Waals surface area contributed by atoms with Gasteiger partial charge in [-0.1, -0.05) is 90.4 Å². The minimum atomic E-state index is 0. The molecule has 22 heavy (non-hydrogen) atoms. The normalized spacial score (nSPS) is 11.5. The Bertz CT molecular complexity index is 198. The highest BCUT2D eigenvalue weighted by Gasteiger charge is 2.04. The Labute approximate surface area is 152 Å². The third kappa shape index (κ3) is 22.7. The first kappa shape index (κ1) is 24.7. The molecule has 1 nitrogen and oxygen atoms in total. The van der Waals surface area contributed by atoms with Crippen LogP contribution in [0, 0.1) is 0 Å². The number of halogens is 1. The number of hydrogen-bond acceptors (Lipinski definition) is 0. The first-order valence-corrected chi connectivity index (χ1v) is 9.86. The van der Waals surface area contributed by atoms with Gasteiger partial charge in [0.05, 0.1) is 27.7 Å². The van der Waals surface area contributed by atoms with Crippen molar-refractivity contribution < 1.29 is 21.5 Å². The number of hydrogen-bond donors (Lipinski definition) is 0. The predicted octanol–water partition coefficient (Wildman–Crippen LogP) is 3.57. The van der Waals surface area contributed by atoms with Crippen molar-refractivity contribution in [2.75, 3.05) is 27.7 Å². The van der Waals surface area contributed by atoms with E-state index in [1.807, 2.05) is 0 Å². The summed E-state index contributed by atoms with van der Waals surface area (Å²) in [6.45, 7) is 3.63. The highest BCUT2D eigenvalue weighted by molar-refractivity contribution is 4.49. The van der Waals surface area contributed by atoms with E-state index in [9.17, 15) is 0 Å². The van der Waals surface area contributed by atoms with Gasteiger partial charge in [0.1, 0.15) is 0 Å². The molecule has 0 unspecified atom stereocenters. The average molecular weight is 378 g/mol. The monoisotopic (exact) mass is 377 g/mol. The number of nitrogens with zero attached hydrogens (tertiary/aromatic N) is 1. The maximum absolute atomic E-state index is 2.30. The lowest BCUT2D eigenvalue weighted by Gasteiger charge is -2.23. The van der Waals surface area contributed by atoms with Crippen molar-refractivity contribution in [2.45, 2.75) is 103 Å². The van der Waals surface area contributed by atoms with Crippen LogP contribution in [0.3, 0.4) is 0 Å². The quantitative estimate of drug-likeness (QED) is 0.285. The van der Waals surface area contributed by atoms with E-state index in [0.717, 1.165) is 4.48 Å². The summed E-state index contributed by atoms with van der Waals surface area (Å²) < 4.78 is 1.12. The molecule has 0 saturated carbocycles. The lowest BCUT2D eigenvalue weighted by atomic mass is 10.0. The van der Waals surface area contributed by atoms with E-state index >= 15 is 0 Å². The van der Waals surface area contributed by atoms with E-state index in [0.29, 0.717) is 0 Å². The molecule has 0 heterocycles. The maximum atomic E-state index is 2.30. The third-order valence-corrected chi connectivity index (χ3v) is 4.43. The molecule has 0 aromatic carbocycles. The lowest BCUT2D eigenvalue weighted by Crippen LogP contribution is -3.00. The second-order valence-corrected chi connectivity index (χ2v) is 7.96. The van der Waals surface area contributed by atoms with E-state index in [2.05, 4.69) is 28.1 Å². The van der Waals surface area contributed by atoms with Gasteiger partial charge in [-0.25, -0.2) is 0 Å². The lowest BCUT2D eigenvalue weighted by molar-refractivity contribution is -0.870. The van der Waals surface area contributed by atoms with Gasteiger partial charge in [-0.15, -0.1) is 0 Å². The molecule has 0 bridgehead atoms. The van der Waals surface area contributed by atoms with Gasteiger partial charge in [-0.05, 0) is 12.8 Å². The summed E-state index contributed by atoms with van der Waals surface area (Å²) in [6.07, 6.45) is 21.9. The van der Waals surface area contributed by atoms with Crippen molar-refractivity contribution in [1.82, 2.24) is 0 Å². The molecule has 0 aromatic heterocycles. The Morgan fingerprint density at radius 1 is 0.455 bits per heavy atom. The molecule has 0 rings (SSSR count). The fourth-order valence-electron chi connectivity index (χ4n) is 2.96. The van der Waals surface area contributed by atoms with Crippen LogP contribution in [0.15, 0.2) is 0 Å². The van der Waals surface area contributed by atoms with Gasteiger partial charge in [0.2, 0.25) is 0 Å². The molecule has 0 spiro atoms. The molecular formula is C20H44BrN. The van der Waals surface area contributed by atoms with Gasteiger partial charge in [0.25, 0.3) is 0 Å². The van der Waals surface area contributed by atoms with Crippen molar-refractivity contribution in [3.63, 3.8) is 0 Å². The molecule has 0 aromatic rings. The molecule has 0 N–H and O–H groups in total. The van der Waals surface area contributed by atoms with Crippen molar-refractivity contribution in [2.24, 2.45) is 0 Å². The van der Waals surface area contributed by atoms with Crippen LogP contribution < -0.4 is 17.0 Å². The summed E-state index contributed by atoms with van der Waals surface area (Å²) >= 11 is 0.